The number of imidazole rings is 1. The number of nitrogens with one attached hydrogen (secondary N) is 3. The van der Waals surface area contributed by atoms with Crippen LogP contribution in [-0.4, -0.2) is 27.5 Å². The molecule has 3 N–H and O–H groups in total. The highest BCUT2D eigenvalue weighted by molar-refractivity contribution is 7.97. The van der Waals surface area contributed by atoms with E-state index in [1.807, 2.05) is 42.5 Å². The number of para-hydroxylation sites is 2. The molecule has 22 heavy (non-hydrogen) atoms. The van der Waals surface area contributed by atoms with Gasteiger partial charge in [0.2, 0.25) is 0 Å². The maximum Gasteiger partial charge on any atom is 0.325 e. The van der Waals surface area contributed by atoms with Crippen molar-refractivity contribution in [2.45, 2.75) is 11.6 Å². The third-order valence-corrected chi connectivity index (χ3v) is 3.68. The number of carbonyl (C=O) groups excluding carboxylic acids is 1. The second-order valence-corrected chi connectivity index (χ2v) is 5.39. The first-order valence-corrected chi connectivity index (χ1v) is 7.68. The van der Waals surface area contributed by atoms with Crippen molar-refractivity contribution >= 4 is 29.0 Å². The number of rotatable bonds is 5. The molecule has 1 aromatic carbocycles. The average Bonchev–Trinajstić information content (AvgIpc) is 2.97. The first-order chi connectivity index (χ1) is 10.8. The molecule has 0 saturated heterocycles. The third-order valence-electron chi connectivity index (χ3n) is 3.00. The van der Waals surface area contributed by atoms with Gasteiger partial charge < -0.3 is 10.3 Å². The standard InChI is InChI=1S/C15H15N5OS/c21-14(17-10-8-11-5-3-4-9-16-11)20-22-15-18-12-6-1-2-7-13(12)19-15/h1-7,9H,8,10H2,(H,18,19)(H2,17,20,21). The number of fused-ring (bicyclic) bond motifs is 1. The molecule has 112 valence electrons. The van der Waals surface area contributed by atoms with E-state index in [1.54, 1.807) is 6.20 Å². The zero-order chi connectivity index (χ0) is 15.2. The monoisotopic (exact) mass is 313 g/mol. The van der Waals surface area contributed by atoms with E-state index in [0.29, 0.717) is 18.1 Å². The molecular weight excluding hydrogens is 298 g/mol. The van der Waals surface area contributed by atoms with Crippen LogP contribution in [0, 0.1) is 0 Å². The van der Waals surface area contributed by atoms with E-state index in [9.17, 15) is 4.79 Å². The molecule has 2 heterocycles. The van der Waals surface area contributed by atoms with Gasteiger partial charge in [-0.25, -0.2) is 9.78 Å². The fourth-order valence-corrected chi connectivity index (χ4v) is 2.53. The molecule has 0 atom stereocenters. The quantitative estimate of drug-likeness (QED) is 0.632. The van der Waals surface area contributed by atoms with E-state index >= 15 is 0 Å². The lowest BCUT2D eigenvalue weighted by atomic mass is 10.3. The summed E-state index contributed by atoms with van der Waals surface area (Å²) in [5.74, 6) is 0. The Morgan fingerprint density at radius 1 is 1.18 bits per heavy atom. The second kappa shape index (κ2) is 6.95. The van der Waals surface area contributed by atoms with Crippen molar-refractivity contribution in [3.63, 3.8) is 0 Å². The van der Waals surface area contributed by atoms with Crippen LogP contribution in [0.1, 0.15) is 5.69 Å². The van der Waals surface area contributed by atoms with Crippen molar-refractivity contribution in [3.05, 3.63) is 54.4 Å². The van der Waals surface area contributed by atoms with Crippen molar-refractivity contribution in [2.24, 2.45) is 0 Å². The highest BCUT2D eigenvalue weighted by Gasteiger charge is 2.05. The van der Waals surface area contributed by atoms with E-state index in [1.165, 1.54) is 0 Å². The van der Waals surface area contributed by atoms with E-state index in [-0.39, 0.29) is 6.03 Å². The summed E-state index contributed by atoms with van der Waals surface area (Å²) in [6.45, 7) is 0.531. The van der Waals surface area contributed by atoms with Gasteiger partial charge in [0.15, 0.2) is 5.16 Å². The average molecular weight is 313 g/mol. The summed E-state index contributed by atoms with van der Waals surface area (Å²) in [6, 6.07) is 13.2. The topological polar surface area (TPSA) is 82.7 Å². The van der Waals surface area contributed by atoms with Crippen LogP contribution in [0.2, 0.25) is 0 Å². The van der Waals surface area contributed by atoms with Crippen LogP contribution in [-0.2, 0) is 6.42 Å². The van der Waals surface area contributed by atoms with Gasteiger partial charge in [-0.05, 0) is 24.3 Å². The number of aromatic nitrogens is 3. The number of H-pyrrole nitrogens is 1. The number of benzene rings is 1. The van der Waals surface area contributed by atoms with Crippen LogP contribution >= 0.6 is 11.9 Å². The van der Waals surface area contributed by atoms with Crippen molar-refractivity contribution < 1.29 is 4.79 Å². The third kappa shape index (κ3) is 3.76. The number of pyridine rings is 1. The van der Waals surface area contributed by atoms with Crippen molar-refractivity contribution in [3.8, 4) is 0 Å². The number of amides is 2. The summed E-state index contributed by atoms with van der Waals surface area (Å²) in [5.41, 5.74) is 2.78. The van der Waals surface area contributed by atoms with Crippen LogP contribution < -0.4 is 10.0 Å². The molecule has 2 amide bonds. The summed E-state index contributed by atoms with van der Waals surface area (Å²) in [7, 11) is 0. The van der Waals surface area contributed by atoms with Gasteiger partial charge in [-0.3, -0.25) is 9.71 Å². The summed E-state index contributed by atoms with van der Waals surface area (Å²) in [6.07, 6.45) is 2.44. The van der Waals surface area contributed by atoms with Gasteiger partial charge in [0.25, 0.3) is 0 Å². The number of aromatic amines is 1. The first kappa shape index (κ1) is 14.4. The highest BCUT2D eigenvalue weighted by atomic mass is 32.2. The maximum absolute atomic E-state index is 11.7. The minimum atomic E-state index is -0.249. The lowest BCUT2D eigenvalue weighted by Crippen LogP contribution is -2.32. The minimum Gasteiger partial charge on any atom is -0.337 e. The molecule has 0 bridgehead atoms. The molecular formula is C15H15N5OS. The van der Waals surface area contributed by atoms with Crippen molar-refractivity contribution in [1.29, 1.82) is 0 Å². The lowest BCUT2D eigenvalue weighted by Gasteiger charge is -2.05. The van der Waals surface area contributed by atoms with Crippen LogP contribution in [0.5, 0.6) is 0 Å². The molecule has 7 heteroatoms. The largest absolute Gasteiger partial charge is 0.337 e. The molecule has 0 saturated carbocycles. The van der Waals surface area contributed by atoms with Gasteiger partial charge >= 0.3 is 6.03 Å². The molecule has 0 aliphatic carbocycles. The Morgan fingerprint density at radius 3 is 2.86 bits per heavy atom. The molecule has 0 unspecified atom stereocenters. The van der Waals surface area contributed by atoms with Gasteiger partial charge in [0, 0.05) is 36.8 Å². The van der Waals surface area contributed by atoms with Crippen LogP contribution in [0.15, 0.2) is 53.8 Å². The summed E-state index contributed by atoms with van der Waals surface area (Å²) >= 11 is 1.16. The molecule has 0 aliphatic heterocycles. The lowest BCUT2D eigenvalue weighted by molar-refractivity contribution is 0.246. The van der Waals surface area contributed by atoms with Gasteiger partial charge in [-0.2, -0.15) is 0 Å². The number of hydrogen-bond acceptors (Lipinski definition) is 4. The molecule has 3 rings (SSSR count). The smallest absolute Gasteiger partial charge is 0.325 e. The summed E-state index contributed by atoms with van der Waals surface area (Å²) in [5, 5.41) is 3.44. The number of hydrogen-bond donors (Lipinski definition) is 3. The highest BCUT2D eigenvalue weighted by Crippen LogP contribution is 2.16. The van der Waals surface area contributed by atoms with Gasteiger partial charge in [0.05, 0.1) is 11.0 Å². The molecule has 0 aliphatic rings. The Morgan fingerprint density at radius 2 is 2.05 bits per heavy atom. The van der Waals surface area contributed by atoms with E-state index in [2.05, 4.69) is 25.0 Å². The summed E-state index contributed by atoms with van der Waals surface area (Å²) < 4.78 is 2.70. The van der Waals surface area contributed by atoms with Crippen LogP contribution in [0.3, 0.4) is 0 Å². The molecule has 0 fully saturated rings. The van der Waals surface area contributed by atoms with Gasteiger partial charge in [0.1, 0.15) is 0 Å². The normalized spacial score (nSPS) is 10.5. The van der Waals surface area contributed by atoms with Crippen LogP contribution in [0.4, 0.5) is 4.79 Å². The zero-order valence-electron chi connectivity index (χ0n) is 11.7. The Labute approximate surface area is 131 Å². The number of urea groups is 1. The molecule has 0 spiro atoms. The Hall–Kier alpha value is -2.54. The number of nitrogens with zero attached hydrogens (tertiary/aromatic N) is 2. The molecule has 2 aromatic heterocycles. The Bertz CT molecular complexity index is 726. The zero-order valence-corrected chi connectivity index (χ0v) is 12.6. The van der Waals surface area contributed by atoms with Gasteiger partial charge in [-0.15, -0.1) is 0 Å². The fraction of sp³-hybridized carbons (Fsp3) is 0.133. The second-order valence-electron chi connectivity index (χ2n) is 4.59. The fourth-order valence-electron chi connectivity index (χ4n) is 1.96. The summed E-state index contributed by atoms with van der Waals surface area (Å²) in [4.78, 5) is 23.4. The maximum atomic E-state index is 11.7. The molecule has 0 radical (unpaired) electrons. The minimum absolute atomic E-state index is 0.249. The first-order valence-electron chi connectivity index (χ1n) is 6.86. The van der Waals surface area contributed by atoms with Crippen molar-refractivity contribution in [1.82, 2.24) is 25.0 Å². The number of carbonyl (C=O) groups is 1. The van der Waals surface area contributed by atoms with Crippen molar-refractivity contribution in [2.75, 3.05) is 6.54 Å². The van der Waals surface area contributed by atoms with E-state index < -0.39 is 0 Å². The molecule has 3 aromatic rings. The van der Waals surface area contributed by atoms with E-state index in [4.69, 9.17) is 0 Å². The SMILES string of the molecule is O=C(NCCc1ccccn1)NSc1nc2ccccc2[nH]1. The van der Waals surface area contributed by atoms with E-state index in [0.717, 1.165) is 28.7 Å². The predicted molar refractivity (Wildman–Crippen MR) is 86.4 cm³/mol. The molecule has 6 nitrogen and oxygen atoms in total. The Kier molecular flexibility index (Phi) is 4.55. The Balaban J connectivity index is 1.44. The van der Waals surface area contributed by atoms with Crippen LogP contribution in [0.25, 0.3) is 11.0 Å². The van der Waals surface area contributed by atoms with Gasteiger partial charge in [-0.1, -0.05) is 18.2 Å². The predicted octanol–water partition coefficient (Wildman–Crippen LogP) is 2.51.